The summed E-state index contributed by atoms with van der Waals surface area (Å²) < 4.78 is 1.24. The second-order valence-corrected chi connectivity index (χ2v) is 7.81. The highest BCUT2D eigenvalue weighted by Gasteiger charge is 2.30. The van der Waals surface area contributed by atoms with Crippen LogP contribution in [-0.2, 0) is 11.2 Å². The molecule has 23 heavy (non-hydrogen) atoms. The molecule has 0 saturated carbocycles. The van der Waals surface area contributed by atoms with Crippen LogP contribution in [0.3, 0.4) is 0 Å². The fourth-order valence-corrected chi connectivity index (χ4v) is 4.75. The quantitative estimate of drug-likeness (QED) is 0.938. The summed E-state index contributed by atoms with van der Waals surface area (Å²) >= 11 is 1.75. The molecule has 2 fully saturated rings. The average Bonchev–Trinajstić information content (AvgIpc) is 3.09. The van der Waals surface area contributed by atoms with Gasteiger partial charge in [0.05, 0.1) is 15.2 Å². The summed E-state index contributed by atoms with van der Waals surface area (Å²) in [5.41, 5.74) is 1.08. The standard InChI is InChI=1S/C18H23N3OS/c22-18(21-11-10-13-8-9-14(12-21)19-13)7-3-6-17-20-15-4-1-2-5-16(15)23-17/h1-2,4-5,13-14,19H,3,6-12H2. The van der Waals surface area contributed by atoms with Crippen molar-refractivity contribution in [1.82, 2.24) is 15.2 Å². The predicted octanol–water partition coefficient (Wildman–Crippen LogP) is 2.97. The summed E-state index contributed by atoms with van der Waals surface area (Å²) in [6.45, 7) is 1.82. The molecule has 2 aromatic rings. The summed E-state index contributed by atoms with van der Waals surface area (Å²) in [5, 5.41) is 4.78. The summed E-state index contributed by atoms with van der Waals surface area (Å²) in [5.74, 6) is 0.320. The van der Waals surface area contributed by atoms with E-state index in [-0.39, 0.29) is 0 Å². The van der Waals surface area contributed by atoms with Gasteiger partial charge in [-0.05, 0) is 44.2 Å². The van der Waals surface area contributed by atoms with Gasteiger partial charge in [0.15, 0.2) is 0 Å². The van der Waals surface area contributed by atoms with Crippen molar-refractivity contribution in [2.45, 2.75) is 50.6 Å². The van der Waals surface area contributed by atoms with E-state index >= 15 is 0 Å². The monoisotopic (exact) mass is 329 g/mol. The van der Waals surface area contributed by atoms with Gasteiger partial charge in [0.2, 0.25) is 5.91 Å². The molecule has 2 aliphatic heterocycles. The summed E-state index contributed by atoms with van der Waals surface area (Å²) in [6.07, 6.45) is 6.07. The average molecular weight is 329 g/mol. The number of fused-ring (bicyclic) bond motifs is 3. The molecule has 0 aliphatic carbocycles. The molecule has 1 aromatic heterocycles. The zero-order valence-corrected chi connectivity index (χ0v) is 14.1. The first kappa shape index (κ1) is 15.1. The molecule has 2 aliphatic rings. The van der Waals surface area contributed by atoms with E-state index in [2.05, 4.69) is 33.4 Å². The third-order valence-electron chi connectivity index (χ3n) is 5.00. The lowest BCUT2D eigenvalue weighted by molar-refractivity contribution is -0.131. The number of benzene rings is 1. The van der Waals surface area contributed by atoms with Crippen molar-refractivity contribution in [3.05, 3.63) is 29.3 Å². The minimum absolute atomic E-state index is 0.320. The molecule has 5 heteroatoms. The van der Waals surface area contributed by atoms with Gasteiger partial charge in [-0.2, -0.15) is 0 Å². The normalized spacial score (nSPS) is 24.1. The Kier molecular flexibility index (Phi) is 4.31. The lowest BCUT2D eigenvalue weighted by atomic mass is 10.1. The van der Waals surface area contributed by atoms with Gasteiger partial charge in [-0.1, -0.05) is 12.1 Å². The van der Waals surface area contributed by atoms with Crippen molar-refractivity contribution in [1.29, 1.82) is 0 Å². The van der Waals surface area contributed by atoms with Gasteiger partial charge in [-0.3, -0.25) is 4.79 Å². The van der Waals surface area contributed by atoms with Gasteiger partial charge in [0.1, 0.15) is 0 Å². The minimum atomic E-state index is 0.320. The van der Waals surface area contributed by atoms with Crippen LogP contribution in [0.2, 0.25) is 0 Å². The number of para-hydroxylation sites is 1. The molecule has 1 N–H and O–H groups in total. The van der Waals surface area contributed by atoms with Crippen LogP contribution in [0.1, 0.15) is 37.1 Å². The SMILES string of the molecule is O=C(CCCc1nc2ccccc2s1)N1CCC2CCC(C1)N2. The Morgan fingerprint density at radius 2 is 2.13 bits per heavy atom. The van der Waals surface area contributed by atoms with Crippen LogP contribution in [-0.4, -0.2) is 41.0 Å². The number of aryl methyl sites for hydroxylation is 1. The first-order chi connectivity index (χ1) is 11.3. The first-order valence-corrected chi connectivity index (χ1v) is 9.48. The van der Waals surface area contributed by atoms with Crippen LogP contribution in [0.25, 0.3) is 10.2 Å². The summed E-state index contributed by atoms with van der Waals surface area (Å²) in [6, 6.07) is 9.41. The van der Waals surface area contributed by atoms with E-state index in [4.69, 9.17) is 0 Å². The van der Waals surface area contributed by atoms with Gasteiger partial charge in [0.25, 0.3) is 0 Å². The number of aromatic nitrogens is 1. The molecule has 2 bridgehead atoms. The van der Waals surface area contributed by atoms with E-state index in [1.165, 1.54) is 17.5 Å². The highest BCUT2D eigenvalue weighted by atomic mass is 32.1. The molecule has 3 heterocycles. The van der Waals surface area contributed by atoms with Crippen LogP contribution in [0, 0.1) is 0 Å². The van der Waals surface area contributed by atoms with Crippen LogP contribution >= 0.6 is 11.3 Å². The number of carbonyl (C=O) groups excluding carboxylic acids is 1. The summed E-state index contributed by atoms with van der Waals surface area (Å²) in [7, 11) is 0. The van der Waals surface area contributed by atoms with Crippen molar-refractivity contribution in [2.24, 2.45) is 0 Å². The van der Waals surface area contributed by atoms with E-state index in [0.717, 1.165) is 42.9 Å². The van der Waals surface area contributed by atoms with Crippen molar-refractivity contribution >= 4 is 27.5 Å². The number of nitrogens with one attached hydrogen (secondary N) is 1. The number of hydrogen-bond acceptors (Lipinski definition) is 4. The Bertz CT molecular complexity index is 665. The molecule has 4 nitrogen and oxygen atoms in total. The number of carbonyl (C=O) groups is 1. The predicted molar refractivity (Wildman–Crippen MR) is 93.7 cm³/mol. The fraction of sp³-hybridized carbons (Fsp3) is 0.556. The van der Waals surface area contributed by atoms with Crippen molar-refractivity contribution in [3.63, 3.8) is 0 Å². The number of rotatable bonds is 4. The lowest BCUT2D eigenvalue weighted by Gasteiger charge is -2.24. The highest BCUT2D eigenvalue weighted by molar-refractivity contribution is 7.18. The van der Waals surface area contributed by atoms with Crippen LogP contribution in [0.5, 0.6) is 0 Å². The topological polar surface area (TPSA) is 45.2 Å². The molecule has 0 spiro atoms. The van der Waals surface area contributed by atoms with Gasteiger partial charge < -0.3 is 10.2 Å². The maximum atomic E-state index is 12.5. The van der Waals surface area contributed by atoms with E-state index in [1.54, 1.807) is 11.3 Å². The zero-order valence-electron chi connectivity index (χ0n) is 13.3. The number of nitrogens with zero attached hydrogens (tertiary/aromatic N) is 2. The lowest BCUT2D eigenvalue weighted by Crippen LogP contribution is -2.38. The molecule has 122 valence electrons. The summed E-state index contributed by atoms with van der Waals surface area (Å²) in [4.78, 5) is 19.2. The molecule has 1 amide bonds. The van der Waals surface area contributed by atoms with Crippen LogP contribution in [0.15, 0.2) is 24.3 Å². The maximum absolute atomic E-state index is 12.5. The molecular formula is C18H23N3OS. The molecular weight excluding hydrogens is 306 g/mol. The highest BCUT2D eigenvalue weighted by Crippen LogP contribution is 2.24. The number of likely N-dealkylation sites (tertiary alicyclic amines) is 1. The number of amides is 1. The number of thiazole rings is 1. The molecule has 2 saturated heterocycles. The largest absolute Gasteiger partial charge is 0.341 e. The van der Waals surface area contributed by atoms with Crippen LogP contribution in [0.4, 0.5) is 0 Å². The molecule has 0 radical (unpaired) electrons. The van der Waals surface area contributed by atoms with Crippen molar-refractivity contribution < 1.29 is 4.79 Å². The Morgan fingerprint density at radius 1 is 1.26 bits per heavy atom. The Hall–Kier alpha value is -1.46. The van der Waals surface area contributed by atoms with Crippen molar-refractivity contribution in [3.8, 4) is 0 Å². The Balaban J connectivity index is 1.29. The molecule has 2 atom stereocenters. The maximum Gasteiger partial charge on any atom is 0.222 e. The third kappa shape index (κ3) is 3.40. The second-order valence-electron chi connectivity index (χ2n) is 6.70. The fourth-order valence-electron chi connectivity index (χ4n) is 3.75. The van der Waals surface area contributed by atoms with E-state index in [9.17, 15) is 4.79 Å². The minimum Gasteiger partial charge on any atom is -0.341 e. The second kappa shape index (κ2) is 6.57. The zero-order chi connectivity index (χ0) is 15.6. The van der Waals surface area contributed by atoms with Crippen molar-refractivity contribution in [2.75, 3.05) is 13.1 Å². The third-order valence-corrected chi connectivity index (χ3v) is 6.09. The molecule has 4 rings (SSSR count). The molecule has 2 unspecified atom stereocenters. The Labute approximate surface area is 140 Å². The first-order valence-electron chi connectivity index (χ1n) is 8.66. The smallest absolute Gasteiger partial charge is 0.222 e. The van der Waals surface area contributed by atoms with Gasteiger partial charge >= 0.3 is 0 Å². The van der Waals surface area contributed by atoms with Gasteiger partial charge in [0, 0.05) is 31.6 Å². The Morgan fingerprint density at radius 3 is 3.04 bits per heavy atom. The van der Waals surface area contributed by atoms with Crippen LogP contribution < -0.4 is 5.32 Å². The molecule has 1 aromatic carbocycles. The van der Waals surface area contributed by atoms with E-state index in [1.807, 2.05) is 6.07 Å². The van der Waals surface area contributed by atoms with Gasteiger partial charge in [-0.15, -0.1) is 11.3 Å². The van der Waals surface area contributed by atoms with E-state index in [0.29, 0.717) is 24.4 Å². The number of hydrogen-bond donors (Lipinski definition) is 1. The van der Waals surface area contributed by atoms with E-state index < -0.39 is 0 Å². The van der Waals surface area contributed by atoms with Gasteiger partial charge in [-0.25, -0.2) is 4.98 Å².